The van der Waals surface area contributed by atoms with Crippen LogP contribution >= 0.6 is 0 Å². The molecule has 3 nitrogen and oxygen atoms in total. The molecule has 4 heteroatoms. The van der Waals surface area contributed by atoms with Crippen LogP contribution in [0.3, 0.4) is 0 Å². The van der Waals surface area contributed by atoms with Crippen molar-refractivity contribution in [1.82, 2.24) is 0 Å². The normalized spacial score (nSPS) is 10.0. The number of carbonyl (C=O) groups excluding carboxylic acids is 1. The Hall–Kier alpha value is 0.0100. The van der Waals surface area contributed by atoms with E-state index in [9.17, 15) is 4.79 Å². The van der Waals surface area contributed by atoms with E-state index < -0.39 is 5.97 Å². The monoisotopic (exact) mass is 154 g/mol. The van der Waals surface area contributed by atoms with Gasteiger partial charge in [-0.25, -0.2) is 4.79 Å². The summed E-state index contributed by atoms with van der Waals surface area (Å²) >= 11 is 0. The fourth-order valence-electron chi connectivity index (χ4n) is 0.298. The Bertz CT molecular complexity index is 136. The Labute approximate surface area is 83.8 Å². The second kappa shape index (κ2) is 7.12. The first kappa shape index (κ1) is 12.7. The summed E-state index contributed by atoms with van der Waals surface area (Å²) in [5.74, 6) is -0.472. The Morgan fingerprint density at radius 1 is 1.80 bits per heavy atom. The molecule has 1 N–H and O–H groups in total. The fraction of sp³-hybridized carbons (Fsp3) is 0.500. The minimum absolute atomic E-state index is 0. The summed E-state index contributed by atoms with van der Waals surface area (Å²) < 4.78 is 4.53. The zero-order chi connectivity index (χ0) is 7.28. The molecular formula is C6H11NaO3. The molecule has 0 rings (SSSR count). The molecule has 0 bridgehead atoms. The Morgan fingerprint density at radius 2 is 2.30 bits per heavy atom. The van der Waals surface area contributed by atoms with Gasteiger partial charge >= 0.3 is 35.5 Å². The van der Waals surface area contributed by atoms with E-state index in [0.29, 0.717) is 6.61 Å². The van der Waals surface area contributed by atoms with Crippen molar-refractivity contribution in [1.29, 1.82) is 0 Å². The minimum atomic E-state index is -0.472. The van der Waals surface area contributed by atoms with Gasteiger partial charge in [0.05, 0.1) is 18.4 Å². The van der Waals surface area contributed by atoms with Gasteiger partial charge in [-0.1, -0.05) is 0 Å². The molecule has 0 aromatic carbocycles. The number of aliphatic hydroxyl groups is 1. The van der Waals surface area contributed by atoms with Crippen molar-refractivity contribution in [3.05, 3.63) is 11.8 Å². The average molecular weight is 154 g/mol. The number of rotatable bonds is 2. The number of hydrogen-bond acceptors (Lipinski definition) is 3. The summed E-state index contributed by atoms with van der Waals surface area (Å²) in [5.41, 5.74) is 0.219. The van der Waals surface area contributed by atoms with Gasteiger partial charge in [0.25, 0.3) is 0 Å². The molecule has 0 aromatic rings. The SMILES string of the molecule is CCOC(=O)/C(C)=C/O.[H-].[Na+]. The molecule has 0 radical (unpaired) electrons. The van der Waals surface area contributed by atoms with Crippen molar-refractivity contribution >= 4 is 5.97 Å². The van der Waals surface area contributed by atoms with Crippen molar-refractivity contribution in [2.45, 2.75) is 13.8 Å². The molecule has 0 unspecified atom stereocenters. The van der Waals surface area contributed by atoms with Crippen molar-refractivity contribution in [2.75, 3.05) is 6.61 Å². The molecule has 0 amide bonds. The number of ether oxygens (including phenoxy) is 1. The van der Waals surface area contributed by atoms with Crippen LogP contribution < -0.4 is 29.6 Å². The van der Waals surface area contributed by atoms with Gasteiger partial charge in [0.2, 0.25) is 0 Å². The second-order valence-corrected chi connectivity index (χ2v) is 1.53. The van der Waals surface area contributed by atoms with Crippen LogP contribution in [0.25, 0.3) is 0 Å². The minimum Gasteiger partial charge on any atom is -1.00 e. The van der Waals surface area contributed by atoms with Crippen LogP contribution in [0.5, 0.6) is 0 Å². The summed E-state index contributed by atoms with van der Waals surface area (Å²) in [6.45, 7) is 3.53. The smallest absolute Gasteiger partial charge is 1.00 e. The van der Waals surface area contributed by atoms with E-state index in [1.54, 1.807) is 6.92 Å². The maximum Gasteiger partial charge on any atom is 1.00 e. The summed E-state index contributed by atoms with van der Waals surface area (Å²) in [6, 6.07) is 0. The van der Waals surface area contributed by atoms with Gasteiger partial charge in [-0.05, 0) is 13.8 Å². The molecule has 54 valence electrons. The molecule has 0 aliphatic carbocycles. The van der Waals surface area contributed by atoms with Gasteiger partial charge in [0, 0.05) is 0 Å². The van der Waals surface area contributed by atoms with Gasteiger partial charge in [-0.3, -0.25) is 0 Å². The third-order valence-electron chi connectivity index (χ3n) is 0.791. The largest absolute Gasteiger partial charge is 1.00 e. The summed E-state index contributed by atoms with van der Waals surface area (Å²) in [4.78, 5) is 10.5. The molecule has 0 spiro atoms. The Kier molecular flexibility index (Phi) is 9.02. The van der Waals surface area contributed by atoms with Gasteiger partial charge in [-0.15, -0.1) is 0 Å². The standard InChI is InChI=1S/C6H10O3.Na.H/c1-3-9-6(8)5(2)4-7;;/h4,7H,3H2,1-2H3;;/q;+1;-1/b5-4+;;. The van der Waals surface area contributed by atoms with Gasteiger partial charge < -0.3 is 11.3 Å². The van der Waals surface area contributed by atoms with Gasteiger partial charge in [0.1, 0.15) is 0 Å². The summed E-state index contributed by atoms with van der Waals surface area (Å²) in [7, 11) is 0. The topological polar surface area (TPSA) is 46.5 Å². The first-order chi connectivity index (χ1) is 4.22. The van der Waals surface area contributed by atoms with Crippen LogP contribution in [0.15, 0.2) is 11.8 Å². The molecule has 0 aromatic heterocycles. The van der Waals surface area contributed by atoms with Crippen LogP contribution in [-0.2, 0) is 9.53 Å². The van der Waals surface area contributed by atoms with E-state index in [0.717, 1.165) is 6.26 Å². The molecule has 0 atom stereocenters. The Balaban J connectivity index is -0.000000320. The molecular weight excluding hydrogens is 143 g/mol. The third kappa shape index (κ3) is 4.85. The van der Waals surface area contributed by atoms with Crippen molar-refractivity contribution in [2.24, 2.45) is 0 Å². The predicted octanol–water partition coefficient (Wildman–Crippen LogP) is -1.87. The summed E-state index contributed by atoms with van der Waals surface area (Å²) in [6.07, 6.45) is 0.734. The zero-order valence-corrected chi connectivity index (χ0v) is 8.55. The molecule has 0 aliphatic rings. The molecule has 0 fully saturated rings. The fourth-order valence-corrected chi connectivity index (χ4v) is 0.298. The number of carbonyl (C=O) groups is 1. The van der Waals surface area contributed by atoms with Crippen molar-refractivity contribution in [3.63, 3.8) is 0 Å². The molecule has 10 heavy (non-hydrogen) atoms. The van der Waals surface area contributed by atoms with E-state index >= 15 is 0 Å². The predicted molar refractivity (Wildman–Crippen MR) is 34.1 cm³/mol. The maximum atomic E-state index is 10.5. The van der Waals surface area contributed by atoms with Crippen LogP contribution in [0, 0.1) is 0 Å². The summed E-state index contributed by atoms with van der Waals surface area (Å²) in [5, 5.41) is 8.27. The third-order valence-corrected chi connectivity index (χ3v) is 0.791. The number of aliphatic hydroxyl groups excluding tert-OH is 1. The molecule has 0 saturated carbocycles. The van der Waals surface area contributed by atoms with Crippen LogP contribution in [-0.4, -0.2) is 17.7 Å². The zero-order valence-electron chi connectivity index (χ0n) is 7.55. The van der Waals surface area contributed by atoms with Crippen molar-refractivity contribution in [3.8, 4) is 0 Å². The van der Waals surface area contributed by atoms with Gasteiger partial charge in [-0.2, -0.15) is 0 Å². The van der Waals surface area contributed by atoms with Crippen LogP contribution in [0.4, 0.5) is 0 Å². The average Bonchev–Trinajstić information content (AvgIpc) is 1.87. The first-order valence-corrected chi connectivity index (χ1v) is 2.70. The van der Waals surface area contributed by atoms with Crippen LogP contribution in [0.2, 0.25) is 0 Å². The Morgan fingerprint density at radius 3 is 2.60 bits per heavy atom. The van der Waals surface area contributed by atoms with E-state index in [1.165, 1.54) is 6.92 Å². The van der Waals surface area contributed by atoms with Crippen LogP contribution in [0.1, 0.15) is 15.3 Å². The van der Waals surface area contributed by atoms with E-state index in [4.69, 9.17) is 5.11 Å². The first-order valence-electron chi connectivity index (χ1n) is 2.70. The number of hydrogen-bond donors (Lipinski definition) is 1. The quantitative estimate of drug-likeness (QED) is 0.219. The molecule has 0 saturated heterocycles. The number of esters is 1. The second-order valence-electron chi connectivity index (χ2n) is 1.53. The van der Waals surface area contributed by atoms with E-state index in [1.807, 2.05) is 0 Å². The van der Waals surface area contributed by atoms with E-state index in [-0.39, 0.29) is 36.6 Å². The maximum absolute atomic E-state index is 10.5. The van der Waals surface area contributed by atoms with Crippen molar-refractivity contribution < 1.29 is 45.6 Å². The van der Waals surface area contributed by atoms with E-state index in [2.05, 4.69) is 4.74 Å². The molecule has 0 aliphatic heterocycles. The molecule has 0 heterocycles. The van der Waals surface area contributed by atoms with Gasteiger partial charge in [0.15, 0.2) is 0 Å².